The molecular formula is C26H29NO8. The molecule has 2 aromatic rings. The largest absolute Gasteiger partial charge is 0.504 e. The molecule has 0 aliphatic carbocycles. The fourth-order valence-corrected chi connectivity index (χ4v) is 2.65. The fourth-order valence-electron chi connectivity index (χ4n) is 2.65. The average Bonchev–Trinajstić information content (AvgIpc) is 2.86. The summed E-state index contributed by atoms with van der Waals surface area (Å²) in [5, 5.41) is 9.58. The number of aldehydes is 2. The number of likely N-dealkylation sites (N-methyl/N-ethyl adjacent to an activating group) is 1. The second-order valence-electron chi connectivity index (χ2n) is 6.92. The molecule has 0 aromatic heterocycles. The maximum atomic E-state index is 11.1. The average molecular weight is 484 g/mol. The summed E-state index contributed by atoms with van der Waals surface area (Å²) in [5.74, 6) is 6.03. The number of benzene rings is 2. The maximum absolute atomic E-state index is 11.1. The minimum atomic E-state index is -0.248. The number of terminal acetylenes is 2. The Morgan fingerprint density at radius 1 is 0.829 bits per heavy atom. The normalized spacial score (nSPS) is 9.57. The lowest BCUT2D eigenvalue weighted by Crippen LogP contribution is -2.20. The van der Waals surface area contributed by atoms with Crippen LogP contribution in [-0.4, -0.2) is 77.3 Å². The van der Waals surface area contributed by atoms with Crippen molar-refractivity contribution in [2.24, 2.45) is 0 Å². The summed E-state index contributed by atoms with van der Waals surface area (Å²) >= 11 is 0. The predicted molar refractivity (Wildman–Crippen MR) is 131 cm³/mol. The highest BCUT2D eigenvalue weighted by atomic mass is 16.5. The van der Waals surface area contributed by atoms with Crippen LogP contribution in [0.2, 0.25) is 0 Å². The van der Waals surface area contributed by atoms with Gasteiger partial charge in [0.2, 0.25) is 11.5 Å². The third-order valence-corrected chi connectivity index (χ3v) is 4.30. The lowest BCUT2D eigenvalue weighted by molar-refractivity contribution is 0.111. The van der Waals surface area contributed by atoms with E-state index < -0.39 is 0 Å². The highest BCUT2D eigenvalue weighted by Gasteiger charge is 2.17. The number of hydrogen-bond donors (Lipinski definition) is 1. The van der Waals surface area contributed by atoms with Gasteiger partial charge in [-0.2, -0.15) is 0 Å². The van der Waals surface area contributed by atoms with E-state index >= 15 is 0 Å². The Bertz CT molecular complexity index is 1070. The minimum Gasteiger partial charge on any atom is -0.504 e. The molecule has 2 rings (SSSR count). The number of ether oxygens (including phenoxy) is 5. The van der Waals surface area contributed by atoms with Gasteiger partial charge < -0.3 is 33.7 Å². The minimum absolute atomic E-state index is 0.0657. The van der Waals surface area contributed by atoms with Crippen molar-refractivity contribution in [2.45, 2.75) is 0 Å². The van der Waals surface area contributed by atoms with Gasteiger partial charge in [-0.25, -0.2) is 0 Å². The van der Waals surface area contributed by atoms with Crippen LogP contribution in [0.3, 0.4) is 0 Å². The molecule has 0 bridgehead atoms. The Balaban J connectivity index is 0.000000365. The maximum Gasteiger partial charge on any atom is 0.204 e. The SMILES string of the molecule is C#CCOc1ccc(C=O)c(O)c1OC.C#CCOc1ccc(C=O)c(OCCN(C)C)c1OC. The molecule has 9 heteroatoms. The number of methoxy groups -OCH3 is 2. The number of carbonyl (C=O) groups excluding carboxylic acids is 2. The van der Waals surface area contributed by atoms with E-state index in [1.165, 1.54) is 26.4 Å². The van der Waals surface area contributed by atoms with Crippen molar-refractivity contribution in [3.8, 4) is 59.2 Å². The van der Waals surface area contributed by atoms with Crippen LogP contribution in [0.15, 0.2) is 24.3 Å². The molecule has 0 amide bonds. The van der Waals surface area contributed by atoms with Crippen molar-refractivity contribution in [2.75, 3.05) is 54.7 Å². The first-order valence-corrected chi connectivity index (χ1v) is 10.3. The van der Waals surface area contributed by atoms with Crippen LogP contribution < -0.4 is 23.7 Å². The van der Waals surface area contributed by atoms with Crippen LogP contribution in [0.4, 0.5) is 0 Å². The van der Waals surface area contributed by atoms with Crippen molar-refractivity contribution in [1.82, 2.24) is 4.90 Å². The Kier molecular flexibility index (Phi) is 12.7. The lowest BCUT2D eigenvalue weighted by Gasteiger charge is -2.17. The van der Waals surface area contributed by atoms with Crippen molar-refractivity contribution in [3.05, 3.63) is 35.4 Å². The molecular weight excluding hydrogens is 454 g/mol. The molecule has 9 nitrogen and oxygen atoms in total. The van der Waals surface area contributed by atoms with E-state index in [9.17, 15) is 14.7 Å². The fraction of sp³-hybridized carbons (Fsp3) is 0.308. The molecule has 1 N–H and O–H groups in total. The van der Waals surface area contributed by atoms with Gasteiger partial charge >= 0.3 is 0 Å². The quantitative estimate of drug-likeness (QED) is 0.360. The summed E-state index contributed by atoms with van der Waals surface area (Å²) in [6.45, 7) is 1.34. The first-order chi connectivity index (χ1) is 16.9. The highest BCUT2D eigenvalue weighted by molar-refractivity contribution is 5.83. The van der Waals surface area contributed by atoms with Crippen LogP contribution in [0.5, 0.6) is 34.5 Å². The number of phenolic OH excluding ortho intramolecular Hbond substituents is 1. The zero-order valence-corrected chi connectivity index (χ0v) is 20.2. The summed E-state index contributed by atoms with van der Waals surface area (Å²) in [4.78, 5) is 23.6. The molecule has 0 saturated heterocycles. The second kappa shape index (κ2) is 15.5. The van der Waals surface area contributed by atoms with E-state index in [2.05, 4.69) is 11.8 Å². The number of carbonyl (C=O) groups is 2. The Morgan fingerprint density at radius 3 is 1.80 bits per heavy atom. The van der Waals surface area contributed by atoms with E-state index in [4.69, 9.17) is 36.5 Å². The van der Waals surface area contributed by atoms with Gasteiger partial charge in [0.05, 0.1) is 25.3 Å². The first-order valence-electron chi connectivity index (χ1n) is 10.3. The molecule has 35 heavy (non-hydrogen) atoms. The third-order valence-electron chi connectivity index (χ3n) is 4.30. The monoisotopic (exact) mass is 483 g/mol. The molecule has 0 heterocycles. The standard InChI is InChI=1S/C15H19NO4.C11H10O4/c1-5-9-19-13-7-6-12(11-17)14(15(13)18-4)20-10-8-16(2)3;1-3-6-15-9-5-4-8(7-12)10(13)11(9)14-2/h1,6-7,11H,8-10H2,2-4H3;1,4-5,7,13H,6H2,2H3. The molecule has 0 unspecified atom stereocenters. The van der Waals surface area contributed by atoms with Crippen LogP contribution in [0.1, 0.15) is 20.7 Å². The molecule has 0 saturated carbocycles. The number of phenols is 1. The van der Waals surface area contributed by atoms with E-state index in [1.807, 2.05) is 19.0 Å². The molecule has 0 radical (unpaired) electrons. The number of hydrogen-bond acceptors (Lipinski definition) is 9. The van der Waals surface area contributed by atoms with Gasteiger partial charge in [0.1, 0.15) is 19.8 Å². The molecule has 0 fully saturated rings. The van der Waals surface area contributed by atoms with Crippen molar-refractivity contribution in [1.29, 1.82) is 0 Å². The van der Waals surface area contributed by atoms with Crippen LogP contribution >= 0.6 is 0 Å². The smallest absolute Gasteiger partial charge is 0.204 e. The van der Waals surface area contributed by atoms with Gasteiger partial charge in [-0.15, -0.1) is 12.8 Å². The van der Waals surface area contributed by atoms with Crippen molar-refractivity contribution >= 4 is 12.6 Å². The zero-order chi connectivity index (χ0) is 26.2. The third kappa shape index (κ3) is 8.50. The van der Waals surface area contributed by atoms with E-state index in [0.29, 0.717) is 41.5 Å². The molecule has 0 atom stereocenters. The van der Waals surface area contributed by atoms with E-state index in [1.54, 1.807) is 12.1 Å². The summed E-state index contributed by atoms with van der Waals surface area (Å²) in [6, 6.07) is 6.20. The van der Waals surface area contributed by atoms with E-state index in [0.717, 1.165) is 12.8 Å². The number of rotatable bonds is 12. The van der Waals surface area contributed by atoms with Gasteiger partial charge in [-0.1, -0.05) is 11.8 Å². The zero-order valence-electron chi connectivity index (χ0n) is 20.2. The van der Waals surface area contributed by atoms with Crippen LogP contribution in [-0.2, 0) is 0 Å². The highest BCUT2D eigenvalue weighted by Crippen LogP contribution is 2.40. The molecule has 0 aliphatic rings. The topological polar surface area (TPSA) is 104 Å². The van der Waals surface area contributed by atoms with Gasteiger partial charge in [-0.3, -0.25) is 9.59 Å². The van der Waals surface area contributed by atoms with Crippen molar-refractivity contribution < 1.29 is 38.4 Å². The lowest BCUT2D eigenvalue weighted by atomic mass is 10.2. The van der Waals surface area contributed by atoms with Crippen LogP contribution in [0.25, 0.3) is 0 Å². The molecule has 186 valence electrons. The summed E-state index contributed by atoms with van der Waals surface area (Å²) in [5.41, 5.74) is 0.550. The Hall–Kier alpha value is -4.34. The Morgan fingerprint density at radius 2 is 1.34 bits per heavy atom. The van der Waals surface area contributed by atoms with E-state index in [-0.39, 0.29) is 30.3 Å². The number of nitrogens with zero attached hydrogens (tertiary/aromatic N) is 1. The van der Waals surface area contributed by atoms with Crippen LogP contribution in [0, 0.1) is 24.7 Å². The second-order valence-corrected chi connectivity index (χ2v) is 6.92. The summed E-state index contributed by atoms with van der Waals surface area (Å²) in [6.07, 6.45) is 11.4. The van der Waals surface area contributed by atoms with Gasteiger partial charge in [0, 0.05) is 6.54 Å². The summed E-state index contributed by atoms with van der Waals surface area (Å²) in [7, 11) is 6.74. The predicted octanol–water partition coefficient (Wildman–Crippen LogP) is 2.69. The molecule has 0 aliphatic heterocycles. The van der Waals surface area contributed by atoms with Gasteiger partial charge in [-0.05, 0) is 38.4 Å². The Labute approximate surface area is 205 Å². The first kappa shape index (κ1) is 28.7. The van der Waals surface area contributed by atoms with Gasteiger partial charge in [0.15, 0.2) is 35.6 Å². The summed E-state index contributed by atoms with van der Waals surface area (Å²) < 4.78 is 26.3. The number of aromatic hydroxyl groups is 1. The molecule has 2 aromatic carbocycles. The molecule has 0 spiro atoms. The van der Waals surface area contributed by atoms with Gasteiger partial charge in [0.25, 0.3) is 0 Å². The van der Waals surface area contributed by atoms with Crippen molar-refractivity contribution in [3.63, 3.8) is 0 Å².